The van der Waals surface area contributed by atoms with Crippen molar-refractivity contribution in [2.45, 2.75) is 36.8 Å². The van der Waals surface area contributed by atoms with E-state index >= 15 is 0 Å². The lowest BCUT2D eigenvalue weighted by molar-refractivity contribution is -0.136. The molecule has 3 nitrogen and oxygen atoms in total. The molecule has 1 heterocycles. The number of aryl methyl sites for hydroxylation is 3. The molecule has 0 aliphatic rings. The molecule has 25 heavy (non-hydrogen) atoms. The van der Waals surface area contributed by atoms with Gasteiger partial charge in [-0.25, -0.2) is 0 Å². The van der Waals surface area contributed by atoms with Crippen molar-refractivity contribution < 1.29 is 9.90 Å². The Morgan fingerprint density at radius 3 is 2.56 bits per heavy atom. The molecule has 0 saturated carbocycles. The molecular weight excluding hydrogens is 330 g/mol. The lowest BCUT2D eigenvalue weighted by atomic mass is 9.96. The van der Waals surface area contributed by atoms with E-state index in [9.17, 15) is 4.79 Å². The number of nitrogens with zero attached hydrogens (tertiary/aromatic N) is 1. The summed E-state index contributed by atoms with van der Waals surface area (Å²) in [5.41, 5.74) is 3.70. The second kappa shape index (κ2) is 7.70. The standard InChI is InChI=1S/C21H21NO2S/c1-14-7-8-16(19-6-4-3-5-18(14)19)9-10-17-13-22-12-11-20(17)25-15(2)21(23)24/h3-8,11-13,15H,9-10H2,1-2H3,(H,23,24). The van der Waals surface area contributed by atoms with Crippen molar-refractivity contribution in [2.75, 3.05) is 0 Å². The molecule has 0 aliphatic heterocycles. The third kappa shape index (κ3) is 4.02. The van der Waals surface area contributed by atoms with Crippen molar-refractivity contribution in [3.8, 4) is 0 Å². The number of fused-ring (bicyclic) bond motifs is 1. The van der Waals surface area contributed by atoms with Crippen LogP contribution < -0.4 is 0 Å². The minimum absolute atomic E-state index is 0.471. The summed E-state index contributed by atoms with van der Waals surface area (Å²) in [5.74, 6) is -0.794. The second-order valence-electron chi connectivity index (χ2n) is 6.17. The predicted octanol–water partition coefficient (Wildman–Crippen LogP) is 4.89. The topological polar surface area (TPSA) is 50.2 Å². The summed E-state index contributed by atoms with van der Waals surface area (Å²) in [5, 5.41) is 11.3. The number of aromatic nitrogens is 1. The van der Waals surface area contributed by atoms with E-state index in [1.807, 2.05) is 12.3 Å². The van der Waals surface area contributed by atoms with Crippen molar-refractivity contribution in [3.63, 3.8) is 0 Å². The largest absolute Gasteiger partial charge is 0.480 e. The zero-order valence-corrected chi connectivity index (χ0v) is 15.2. The summed E-state index contributed by atoms with van der Waals surface area (Å²) in [6.45, 7) is 3.85. The first kappa shape index (κ1) is 17.5. The molecule has 0 aliphatic carbocycles. The van der Waals surface area contributed by atoms with Gasteiger partial charge in [0.05, 0.1) is 0 Å². The quantitative estimate of drug-likeness (QED) is 0.642. The molecule has 0 amide bonds. The number of carbonyl (C=O) groups is 1. The van der Waals surface area contributed by atoms with E-state index in [0.717, 1.165) is 23.3 Å². The molecule has 3 aromatic rings. The van der Waals surface area contributed by atoms with Crippen molar-refractivity contribution in [2.24, 2.45) is 0 Å². The van der Waals surface area contributed by atoms with Gasteiger partial charge in [-0.15, -0.1) is 11.8 Å². The van der Waals surface area contributed by atoms with Crippen LogP contribution in [0.2, 0.25) is 0 Å². The number of hydrogen-bond donors (Lipinski definition) is 1. The van der Waals surface area contributed by atoms with Gasteiger partial charge >= 0.3 is 5.97 Å². The maximum Gasteiger partial charge on any atom is 0.316 e. The van der Waals surface area contributed by atoms with Gasteiger partial charge in [-0.1, -0.05) is 36.4 Å². The lowest BCUT2D eigenvalue weighted by Crippen LogP contribution is -2.11. The number of pyridine rings is 1. The lowest BCUT2D eigenvalue weighted by Gasteiger charge is -2.12. The van der Waals surface area contributed by atoms with Crippen molar-refractivity contribution in [3.05, 3.63) is 71.5 Å². The Kier molecular flexibility index (Phi) is 5.39. The smallest absolute Gasteiger partial charge is 0.316 e. The number of carboxylic acid groups (broad SMARTS) is 1. The molecule has 1 N–H and O–H groups in total. The summed E-state index contributed by atoms with van der Waals surface area (Å²) in [6.07, 6.45) is 5.33. The first-order valence-electron chi connectivity index (χ1n) is 8.36. The average Bonchev–Trinajstić information content (AvgIpc) is 2.62. The SMILES string of the molecule is Cc1ccc(CCc2cnccc2SC(C)C(=O)O)c2ccccc12. The highest BCUT2D eigenvalue weighted by Gasteiger charge is 2.15. The van der Waals surface area contributed by atoms with Gasteiger partial charge in [-0.3, -0.25) is 9.78 Å². The minimum atomic E-state index is -0.794. The fourth-order valence-corrected chi connectivity index (χ4v) is 3.88. The van der Waals surface area contributed by atoms with Crippen LogP contribution in [0, 0.1) is 6.92 Å². The first-order chi connectivity index (χ1) is 12.1. The summed E-state index contributed by atoms with van der Waals surface area (Å²) in [7, 11) is 0. The zero-order chi connectivity index (χ0) is 17.8. The maximum atomic E-state index is 11.1. The third-order valence-corrected chi connectivity index (χ3v) is 5.61. The molecule has 1 atom stereocenters. The number of aliphatic carboxylic acids is 1. The van der Waals surface area contributed by atoms with Gasteiger partial charge in [0.15, 0.2) is 0 Å². The summed E-state index contributed by atoms with van der Waals surface area (Å²) >= 11 is 1.38. The van der Waals surface area contributed by atoms with E-state index in [1.165, 1.54) is 33.7 Å². The fraction of sp³-hybridized carbons (Fsp3) is 0.238. The highest BCUT2D eigenvalue weighted by atomic mass is 32.2. The van der Waals surface area contributed by atoms with Crippen LogP contribution in [-0.4, -0.2) is 21.3 Å². The monoisotopic (exact) mass is 351 g/mol. The molecular formula is C21H21NO2S. The average molecular weight is 351 g/mol. The van der Waals surface area contributed by atoms with Crippen LogP contribution in [0.5, 0.6) is 0 Å². The number of rotatable bonds is 6. The number of carboxylic acids is 1. The van der Waals surface area contributed by atoms with Crippen LogP contribution in [-0.2, 0) is 17.6 Å². The van der Waals surface area contributed by atoms with Gasteiger partial charge in [-0.05, 0) is 60.2 Å². The van der Waals surface area contributed by atoms with Gasteiger partial charge in [-0.2, -0.15) is 0 Å². The van der Waals surface area contributed by atoms with E-state index in [0.29, 0.717) is 0 Å². The predicted molar refractivity (Wildman–Crippen MR) is 103 cm³/mol. The van der Waals surface area contributed by atoms with Crippen molar-refractivity contribution >= 4 is 28.5 Å². The normalized spacial score (nSPS) is 12.2. The van der Waals surface area contributed by atoms with E-state index in [1.54, 1.807) is 13.1 Å². The Hall–Kier alpha value is -2.33. The summed E-state index contributed by atoms with van der Waals surface area (Å²) in [6, 6.07) is 14.8. The van der Waals surface area contributed by atoms with Gasteiger partial charge in [0.25, 0.3) is 0 Å². The van der Waals surface area contributed by atoms with Gasteiger partial charge in [0.2, 0.25) is 0 Å². The van der Waals surface area contributed by atoms with E-state index in [-0.39, 0.29) is 0 Å². The van der Waals surface area contributed by atoms with Gasteiger partial charge < -0.3 is 5.11 Å². The maximum absolute atomic E-state index is 11.1. The van der Waals surface area contributed by atoms with Crippen molar-refractivity contribution in [1.29, 1.82) is 0 Å². The molecule has 128 valence electrons. The first-order valence-corrected chi connectivity index (χ1v) is 9.24. The van der Waals surface area contributed by atoms with E-state index in [2.05, 4.69) is 48.3 Å². The molecule has 1 aromatic heterocycles. The zero-order valence-electron chi connectivity index (χ0n) is 14.4. The molecule has 0 spiro atoms. The fourth-order valence-electron chi connectivity index (χ4n) is 2.96. The minimum Gasteiger partial charge on any atom is -0.480 e. The molecule has 0 bridgehead atoms. The number of hydrogen-bond acceptors (Lipinski definition) is 3. The highest BCUT2D eigenvalue weighted by molar-refractivity contribution is 8.00. The molecule has 2 aromatic carbocycles. The Bertz CT molecular complexity index is 907. The molecule has 1 unspecified atom stereocenters. The van der Waals surface area contributed by atoms with Gasteiger partial charge in [0, 0.05) is 17.3 Å². The summed E-state index contributed by atoms with van der Waals surface area (Å²) < 4.78 is 0. The van der Waals surface area contributed by atoms with E-state index in [4.69, 9.17) is 5.11 Å². The molecule has 3 rings (SSSR count). The van der Waals surface area contributed by atoms with Crippen LogP contribution in [0.3, 0.4) is 0 Å². The number of benzene rings is 2. The Labute approximate surface area is 152 Å². The molecule has 0 saturated heterocycles. The molecule has 4 heteroatoms. The third-order valence-electron chi connectivity index (χ3n) is 4.41. The van der Waals surface area contributed by atoms with Crippen LogP contribution in [0.15, 0.2) is 59.8 Å². The molecule has 0 fully saturated rings. The van der Waals surface area contributed by atoms with E-state index < -0.39 is 11.2 Å². The van der Waals surface area contributed by atoms with Crippen LogP contribution in [0.4, 0.5) is 0 Å². The Balaban J connectivity index is 1.83. The van der Waals surface area contributed by atoms with Crippen LogP contribution >= 0.6 is 11.8 Å². The van der Waals surface area contributed by atoms with Crippen LogP contribution in [0.25, 0.3) is 10.8 Å². The summed E-state index contributed by atoms with van der Waals surface area (Å²) in [4.78, 5) is 16.4. The number of thioether (sulfide) groups is 1. The Morgan fingerprint density at radius 1 is 1.08 bits per heavy atom. The molecule has 0 radical (unpaired) electrons. The Morgan fingerprint density at radius 2 is 1.80 bits per heavy atom. The van der Waals surface area contributed by atoms with Gasteiger partial charge in [0.1, 0.15) is 5.25 Å². The van der Waals surface area contributed by atoms with Crippen LogP contribution in [0.1, 0.15) is 23.6 Å². The highest BCUT2D eigenvalue weighted by Crippen LogP contribution is 2.28. The second-order valence-corrected chi connectivity index (χ2v) is 7.55. The van der Waals surface area contributed by atoms with Crippen molar-refractivity contribution in [1.82, 2.24) is 4.98 Å².